The molecule has 0 saturated heterocycles. The third-order valence-corrected chi connectivity index (χ3v) is 5.15. The first-order chi connectivity index (χ1) is 14.3. The first-order valence-corrected chi connectivity index (χ1v) is 9.76. The summed E-state index contributed by atoms with van der Waals surface area (Å²) in [7, 11) is 0. The Labute approximate surface area is 177 Å². The summed E-state index contributed by atoms with van der Waals surface area (Å²) in [5.41, 5.74) is 9.41. The van der Waals surface area contributed by atoms with Gasteiger partial charge in [-0.15, -0.1) is 0 Å². The number of rotatable bonds is 7. The lowest BCUT2D eigenvalue weighted by molar-refractivity contribution is 0.0174. The highest BCUT2D eigenvalue weighted by Crippen LogP contribution is 2.30. The number of benzene rings is 2. The van der Waals surface area contributed by atoms with E-state index >= 15 is 0 Å². The summed E-state index contributed by atoms with van der Waals surface area (Å²) in [6.07, 6.45) is 5.44. The minimum absolute atomic E-state index is 0.0394. The lowest BCUT2D eigenvalue weighted by Gasteiger charge is -2.12. The van der Waals surface area contributed by atoms with E-state index in [1.807, 2.05) is 29.0 Å². The normalized spacial score (nSPS) is 11.7. The summed E-state index contributed by atoms with van der Waals surface area (Å²) in [6.45, 7) is 1.78. The topological polar surface area (TPSA) is 68.9 Å². The van der Waals surface area contributed by atoms with Gasteiger partial charge in [0.05, 0.1) is 24.8 Å². The smallest absolute Gasteiger partial charge is 0.270 e. The van der Waals surface area contributed by atoms with Crippen LogP contribution in [-0.2, 0) is 12.5 Å². The Morgan fingerprint density at radius 1 is 1.23 bits per heavy atom. The van der Waals surface area contributed by atoms with E-state index in [2.05, 4.69) is 9.97 Å². The highest BCUT2D eigenvalue weighted by molar-refractivity contribution is 7.80. The molecule has 0 aliphatic heterocycles. The standard InChI is InChI=1S/C22H20F2N4OS/c1-22(23,24)15-3-5-16(6-4-15)29-9-8-28-13-26-12-20(28)18-11-27-19-7-2-14(21(25)30)10-17(18)19/h2-7,10-13,27H,8-9H2,1H3,(H2,25,30). The van der Waals surface area contributed by atoms with Crippen LogP contribution < -0.4 is 10.5 Å². The van der Waals surface area contributed by atoms with Gasteiger partial charge in [-0.3, -0.25) is 0 Å². The highest BCUT2D eigenvalue weighted by atomic mass is 32.1. The number of nitrogens with zero attached hydrogens (tertiary/aromatic N) is 2. The molecule has 2 heterocycles. The van der Waals surface area contributed by atoms with Crippen molar-refractivity contribution in [2.24, 2.45) is 5.73 Å². The minimum atomic E-state index is -2.86. The number of aromatic amines is 1. The zero-order chi connectivity index (χ0) is 21.3. The molecule has 0 saturated carbocycles. The van der Waals surface area contributed by atoms with Crippen LogP contribution in [-0.4, -0.2) is 26.1 Å². The van der Waals surface area contributed by atoms with Crippen molar-refractivity contribution in [2.75, 3.05) is 6.61 Å². The van der Waals surface area contributed by atoms with E-state index in [0.29, 0.717) is 23.9 Å². The Bertz CT molecular complexity index is 1190. The molecule has 8 heteroatoms. The molecule has 0 bridgehead atoms. The summed E-state index contributed by atoms with van der Waals surface area (Å²) >= 11 is 5.09. The quantitative estimate of drug-likeness (QED) is 0.414. The fraction of sp³-hybridized carbons (Fsp3) is 0.182. The van der Waals surface area contributed by atoms with Gasteiger partial charge in [-0.1, -0.05) is 12.2 Å². The maximum Gasteiger partial charge on any atom is 0.270 e. The zero-order valence-electron chi connectivity index (χ0n) is 16.2. The zero-order valence-corrected chi connectivity index (χ0v) is 17.0. The fourth-order valence-corrected chi connectivity index (χ4v) is 3.44. The molecule has 4 rings (SSSR count). The lowest BCUT2D eigenvalue weighted by Crippen LogP contribution is -2.10. The van der Waals surface area contributed by atoms with Crippen LogP contribution in [0.2, 0.25) is 0 Å². The molecule has 2 aromatic heterocycles. The van der Waals surface area contributed by atoms with Crippen molar-refractivity contribution in [2.45, 2.75) is 19.4 Å². The van der Waals surface area contributed by atoms with Gasteiger partial charge >= 0.3 is 0 Å². The lowest BCUT2D eigenvalue weighted by atomic mass is 10.1. The summed E-state index contributed by atoms with van der Waals surface area (Å²) in [5.74, 6) is -2.32. The number of alkyl halides is 2. The van der Waals surface area contributed by atoms with Crippen LogP contribution in [0.25, 0.3) is 22.2 Å². The number of ether oxygens (including phenoxy) is 1. The predicted octanol–water partition coefficient (Wildman–Crippen LogP) is 4.86. The molecule has 0 fully saturated rings. The van der Waals surface area contributed by atoms with Gasteiger partial charge in [0.1, 0.15) is 17.3 Å². The van der Waals surface area contributed by atoms with Crippen molar-refractivity contribution >= 4 is 28.1 Å². The first-order valence-electron chi connectivity index (χ1n) is 9.35. The fourth-order valence-electron chi connectivity index (χ4n) is 3.31. The Kier molecular flexibility index (Phi) is 5.26. The van der Waals surface area contributed by atoms with Crippen LogP contribution in [0.15, 0.2) is 61.2 Å². The summed E-state index contributed by atoms with van der Waals surface area (Å²) in [4.78, 5) is 7.86. The monoisotopic (exact) mass is 426 g/mol. The average Bonchev–Trinajstić information content (AvgIpc) is 3.33. The number of hydrogen-bond donors (Lipinski definition) is 2. The molecule has 30 heavy (non-hydrogen) atoms. The number of H-pyrrole nitrogens is 1. The van der Waals surface area contributed by atoms with Crippen molar-refractivity contribution in [3.8, 4) is 17.0 Å². The number of fused-ring (bicyclic) bond motifs is 1. The van der Waals surface area contributed by atoms with E-state index in [1.165, 1.54) is 12.1 Å². The van der Waals surface area contributed by atoms with Crippen LogP contribution in [0.4, 0.5) is 8.78 Å². The van der Waals surface area contributed by atoms with E-state index < -0.39 is 5.92 Å². The second kappa shape index (κ2) is 7.87. The van der Waals surface area contributed by atoms with Gasteiger partial charge in [-0.25, -0.2) is 13.8 Å². The first kappa shape index (κ1) is 20.0. The van der Waals surface area contributed by atoms with Crippen LogP contribution in [0.3, 0.4) is 0 Å². The number of hydrogen-bond acceptors (Lipinski definition) is 3. The van der Waals surface area contributed by atoms with E-state index in [0.717, 1.165) is 34.6 Å². The summed E-state index contributed by atoms with van der Waals surface area (Å²) in [6, 6.07) is 11.7. The molecule has 0 unspecified atom stereocenters. The second-order valence-electron chi connectivity index (χ2n) is 7.06. The Hall–Kier alpha value is -3.26. The van der Waals surface area contributed by atoms with Crippen molar-refractivity contribution in [1.29, 1.82) is 0 Å². The van der Waals surface area contributed by atoms with Gasteiger partial charge in [-0.2, -0.15) is 0 Å². The van der Waals surface area contributed by atoms with Gasteiger partial charge in [0.25, 0.3) is 5.92 Å². The molecule has 0 amide bonds. The summed E-state index contributed by atoms with van der Waals surface area (Å²) < 4.78 is 34.3. The molecule has 0 aliphatic carbocycles. The molecule has 0 spiro atoms. The minimum Gasteiger partial charge on any atom is -0.492 e. The van der Waals surface area contributed by atoms with Gasteiger partial charge in [0, 0.05) is 40.7 Å². The van der Waals surface area contributed by atoms with Crippen LogP contribution in [0, 0.1) is 0 Å². The van der Waals surface area contributed by atoms with Gasteiger partial charge in [0.2, 0.25) is 0 Å². The molecule has 3 N–H and O–H groups in total. The average molecular weight is 426 g/mol. The number of thiocarbonyl (C=S) groups is 1. The molecule has 2 aromatic carbocycles. The predicted molar refractivity (Wildman–Crippen MR) is 117 cm³/mol. The van der Waals surface area contributed by atoms with Crippen LogP contribution >= 0.6 is 12.2 Å². The maximum atomic E-state index is 13.3. The number of imidazole rings is 1. The molecular weight excluding hydrogens is 406 g/mol. The van der Waals surface area contributed by atoms with Crippen molar-refractivity contribution in [1.82, 2.24) is 14.5 Å². The van der Waals surface area contributed by atoms with E-state index in [9.17, 15) is 8.78 Å². The molecule has 5 nitrogen and oxygen atoms in total. The number of halogens is 2. The van der Waals surface area contributed by atoms with E-state index in [1.54, 1.807) is 24.7 Å². The van der Waals surface area contributed by atoms with Crippen molar-refractivity contribution < 1.29 is 13.5 Å². The third kappa shape index (κ3) is 4.04. The molecule has 0 atom stereocenters. The van der Waals surface area contributed by atoms with E-state index in [-0.39, 0.29) is 5.56 Å². The molecule has 154 valence electrons. The second-order valence-corrected chi connectivity index (χ2v) is 7.50. The SMILES string of the molecule is CC(F)(F)c1ccc(OCCn2cncc2-c2c[nH]c3ccc(C(N)=S)cc23)cc1. The van der Waals surface area contributed by atoms with Gasteiger partial charge in [-0.05, 0) is 42.5 Å². The van der Waals surface area contributed by atoms with Crippen LogP contribution in [0.5, 0.6) is 5.75 Å². The van der Waals surface area contributed by atoms with Crippen molar-refractivity contribution in [3.63, 3.8) is 0 Å². The largest absolute Gasteiger partial charge is 0.492 e. The Morgan fingerprint density at radius 3 is 2.70 bits per heavy atom. The number of aromatic nitrogens is 3. The molecular formula is C22H20F2N4OS. The highest BCUT2D eigenvalue weighted by Gasteiger charge is 2.23. The van der Waals surface area contributed by atoms with E-state index in [4.69, 9.17) is 22.7 Å². The Balaban J connectivity index is 1.50. The molecule has 0 radical (unpaired) electrons. The van der Waals surface area contributed by atoms with Gasteiger partial charge < -0.3 is 20.0 Å². The van der Waals surface area contributed by atoms with Gasteiger partial charge in [0.15, 0.2) is 0 Å². The number of nitrogens with two attached hydrogens (primary N) is 1. The maximum absolute atomic E-state index is 13.3. The third-order valence-electron chi connectivity index (χ3n) is 4.92. The Morgan fingerprint density at radius 2 is 2.00 bits per heavy atom. The molecule has 4 aromatic rings. The summed E-state index contributed by atoms with van der Waals surface area (Å²) in [5, 5.41) is 0.999. The van der Waals surface area contributed by atoms with Crippen molar-refractivity contribution in [3.05, 3.63) is 72.3 Å². The molecule has 0 aliphatic rings. The van der Waals surface area contributed by atoms with Crippen LogP contribution in [0.1, 0.15) is 18.1 Å². The number of nitrogens with one attached hydrogen (secondary N) is 1.